The monoisotopic (exact) mass is 386 g/mol. The maximum absolute atomic E-state index is 13.1. The number of nitrogens with two attached hydrogens (primary N) is 1. The number of ether oxygens (including phenoxy) is 1. The SMILES string of the molecule is CO[C@@H]1CN(Cc2cccc3c2C(=O)N(C2CCC(=O)NC2=O)C3=O)C[C@H]1N. The number of nitrogens with one attached hydrogen (secondary N) is 1. The van der Waals surface area contributed by atoms with Crippen LogP contribution in [0.15, 0.2) is 18.2 Å². The van der Waals surface area contributed by atoms with Gasteiger partial charge in [-0.1, -0.05) is 12.1 Å². The fourth-order valence-electron chi connectivity index (χ4n) is 4.22. The minimum atomic E-state index is -0.962. The lowest BCUT2D eigenvalue weighted by Crippen LogP contribution is -2.54. The average Bonchev–Trinajstić information content (AvgIpc) is 3.13. The van der Waals surface area contributed by atoms with E-state index in [9.17, 15) is 19.2 Å². The normalized spacial score (nSPS) is 28.1. The van der Waals surface area contributed by atoms with Crippen molar-refractivity contribution in [1.29, 1.82) is 0 Å². The van der Waals surface area contributed by atoms with Gasteiger partial charge in [0.25, 0.3) is 11.8 Å². The van der Waals surface area contributed by atoms with Crippen molar-refractivity contribution in [3.63, 3.8) is 0 Å². The first-order valence-corrected chi connectivity index (χ1v) is 9.25. The Balaban J connectivity index is 1.60. The molecule has 9 heteroatoms. The smallest absolute Gasteiger partial charge is 0.262 e. The number of fused-ring (bicyclic) bond motifs is 1. The molecule has 2 fully saturated rings. The highest BCUT2D eigenvalue weighted by molar-refractivity contribution is 6.24. The second kappa shape index (κ2) is 7.08. The van der Waals surface area contributed by atoms with Gasteiger partial charge in [-0.2, -0.15) is 0 Å². The van der Waals surface area contributed by atoms with Gasteiger partial charge in [0.2, 0.25) is 11.8 Å². The second-order valence-electron chi connectivity index (χ2n) is 7.42. The fraction of sp³-hybridized carbons (Fsp3) is 0.474. The van der Waals surface area contributed by atoms with Gasteiger partial charge in [0.1, 0.15) is 6.04 Å². The molecule has 0 aliphatic carbocycles. The van der Waals surface area contributed by atoms with E-state index >= 15 is 0 Å². The van der Waals surface area contributed by atoms with E-state index in [1.807, 2.05) is 6.07 Å². The van der Waals surface area contributed by atoms with Crippen LogP contribution in [0.3, 0.4) is 0 Å². The molecule has 0 aromatic heterocycles. The zero-order valence-corrected chi connectivity index (χ0v) is 15.5. The fourth-order valence-corrected chi connectivity index (χ4v) is 4.22. The van der Waals surface area contributed by atoms with Gasteiger partial charge in [-0.3, -0.25) is 34.3 Å². The number of benzene rings is 1. The number of hydrogen-bond acceptors (Lipinski definition) is 7. The maximum Gasteiger partial charge on any atom is 0.262 e. The Morgan fingerprint density at radius 1 is 1.18 bits per heavy atom. The number of imide groups is 2. The van der Waals surface area contributed by atoms with E-state index < -0.39 is 29.7 Å². The van der Waals surface area contributed by atoms with E-state index in [0.717, 1.165) is 10.5 Å². The van der Waals surface area contributed by atoms with Crippen molar-refractivity contribution in [3.05, 3.63) is 34.9 Å². The van der Waals surface area contributed by atoms with Crippen molar-refractivity contribution in [2.24, 2.45) is 5.73 Å². The summed E-state index contributed by atoms with van der Waals surface area (Å²) in [5, 5.41) is 2.20. The Labute approximate surface area is 161 Å². The van der Waals surface area contributed by atoms with Gasteiger partial charge in [0.15, 0.2) is 0 Å². The first-order valence-electron chi connectivity index (χ1n) is 9.25. The van der Waals surface area contributed by atoms with Crippen LogP contribution in [0.5, 0.6) is 0 Å². The number of carbonyl (C=O) groups excluding carboxylic acids is 4. The van der Waals surface area contributed by atoms with Crippen molar-refractivity contribution in [2.45, 2.75) is 37.6 Å². The standard InChI is InChI=1S/C19H22N4O5/c1-28-14-9-22(8-12(14)20)7-10-3-2-4-11-16(10)19(27)23(18(11)26)13-5-6-15(24)21-17(13)25/h2-4,12-14H,5-9,20H2,1H3,(H,21,24,25)/t12-,13?,14-/m1/s1. The third kappa shape index (κ3) is 3.01. The molecule has 0 spiro atoms. The summed E-state index contributed by atoms with van der Waals surface area (Å²) in [4.78, 5) is 52.6. The summed E-state index contributed by atoms with van der Waals surface area (Å²) in [7, 11) is 1.62. The van der Waals surface area contributed by atoms with Crippen LogP contribution < -0.4 is 11.1 Å². The number of piperidine rings is 1. The third-order valence-corrected chi connectivity index (χ3v) is 5.64. The highest BCUT2D eigenvalue weighted by atomic mass is 16.5. The number of amides is 4. The summed E-state index contributed by atoms with van der Waals surface area (Å²) < 4.78 is 5.37. The molecule has 1 aromatic carbocycles. The molecule has 4 amide bonds. The zero-order chi connectivity index (χ0) is 20.0. The molecule has 2 saturated heterocycles. The third-order valence-electron chi connectivity index (χ3n) is 5.64. The summed E-state index contributed by atoms with van der Waals surface area (Å²) >= 11 is 0. The lowest BCUT2D eigenvalue weighted by Gasteiger charge is -2.28. The largest absolute Gasteiger partial charge is 0.378 e. The Bertz CT molecular complexity index is 870. The lowest BCUT2D eigenvalue weighted by atomic mass is 10.0. The predicted molar refractivity (Wildman–Crippen MR) is 97.2 cm³/mol. The van der Waals surface area contributed by atoms with Crippen LogP contribution in [0.4, 0.5) is 0 Å². The van der Waals surface area contributed by atoms with Gasteiger partial charge >= 0.3 is 0 Å². The van der Waals surface area contributed by atoms with Gasteiger partial charge in [0.05, 0.1) is 17.2 Å². The summed E-state index contributed by atoms with van der Waals surface area (Å²) in [6.07, 6.45) is 0.164. The first kappa shape index (κ1) is 18.7. The summed E-state index contributed by atoms with van der Waals surface area (Å²) in [6.45, 7) is 1.72. The summed E-state index contributed by atoms with van der Waals surface area (Å²) in [5.74, 6) is -1.99. The van der Waals surface area contributed by atoms with Crippen LogP contribution in [-0.2, 0) is 20.9 Å². The molecule has 0 saturated carbocycles. The van der Waals surface area contributed by atoms with Crippen LogP contribution >= 0.6 is 0 Å². The molecular weight excluding hydrogens is 364 g/mol. The van der Waals surface area contributed by atoms with Gasteiger partial charge < -0.3 is 10.5 Å². The van der Waals surface area contributed by atoms with E-state index in [1.165, 1.54) is 0 Å². The van der Waals surface area contributed by atoms with E-state index in [1.54, 1.807) is 19.2 Å². The van der Waals surface area contributed by atoms with Crippen molar-refractivity contribution in [2.75, 3.05) is 20.2 Å². The predicted octanol–water partition coefficient (Wildman–Crippen LogP) is -0.754. The first-order chi connectivity index (χ1) is 13.4. The van der Waals surface area contributed by atoms with Crippen LogP contribution in [0, 0.1) is 0 Å². The van der Waals surface area contributed by atoms with Crippen molar-refractivity contribution in [1.82, 2.24) is 15.1 Å². The minimum absolute atomic E-state index is 0.0749. The van der Waals surface area contributed by atoms with Gasteiger partial charge in [-0.05, 0) is 18.1 Å². The molecular formula is C19H22N4O5. The number of hydrogen-bond donors (Lipinski definition) is 2. The van der Waals surface area contributed by atoms with Crippen molar-refractivity contribution < 1.29 is 23.9 Å². The number of rotatable bonds is 4. The molecule has 1 unspecified atom stereocenters. The molecule has 3 heterocycles. The Morgan fingerprint density at radius 3 is 2.64 bits per heavy atom. The summed E-state index contributed by atoms with van der Waals surface area (Å²) in [5.41, 5.74) is 7.41. The molecule has 0 radical (unpaired) electrons. The van der Waals surface area contributed by atoms with Crippen LogP contribution in [-0.4, -0.2) is 71.8 Å². The second-order valence-corrected chi connectivity index (χ2v) is 7.42. The molecule has 3 atom stereocenters. The Morgan fingerprint density at radius 2 is 1.96 bits per heavy atom. The van der Waals surface area contributed by atoms with E-state index in [2.05, 4.69) is 10.2 Å². The minimum Gasteiger partial charge on any atom is -0.378 e. The highest BCUT2D eigenvalue weighted by Crippen LogP contribution is 2.31. The van der Waals surface area contributed by atoms with E-state index in [0.29, 0.717) is 30.8 Å². The number of nitrogens with zero attached hydrogens (tertiary/aromatic N) is 2. The Hall–Kier alpha value is -2.62. The molecule has 3 aliphatic rings. The quantitative estimate of drug-likeness (QED) is 0.653. The van der Waals surface area contributed by atoms with Crippen LogP contribution in [0.2, 0.25) is 0 Å². The van der Waals surface area contributed by atoms with Crippen molar-refractivity contribution in [3.8, 4) is 0 Å². The highest BCUT2D eigenvalue weighted by Gasteiger charge is 2.45. The molecule has 28 heavy (non-hydrogen) atoms. The summed E-state index contributed by atoms with van der Waals surface area (Å²) in [6, 6.07) is 4.06. The van der Waals surface area contributed by atoms with Crippen LogP contribution in [0.1, 0.15) is 39.1 Å². The zero-order valence-electron chi connectivity index (χ0n) is 15.5. The van der Waals surface area contributed by atoms with Gasteiger partial charge in [-0.15, -0.1) is 0 Å². The Kier molecular flexibility index (Phi) is 4.74. The molecule has 9 nitrogen and oxygen atoms in total. The molecule has 0 bridgehead atoms. The van der Waals surface area contributed by atoms with Gasteiger partial charge in [0, 0.05) is 39.2 Å². The average molecular weight is 386 g/mol. The molecule has 148 valence electrons. The topological polar surface area (TPSA) is 122 Å². The molecule has 3 aliphatic heterocycles. The maximum atomic E-state index is 13.1. The number of methoxy groups -OCH3 is 1. The molecule has 1 aromatic rings. The lowest BCUT2D eigenvalue weighted by molar-refractivity contribution is -0.136. The van der Waals surface area contributed by atoms with Crippen molar-refractivity contribution >= 4 is 23.6 Å². The molecule has 3 N–H and O–H groups in total. The molecule has 4 rings (SSSR count). The van der Waals surface area contributed by atoms with Crippen LogP contribution in [0.25, 0.3) is 0 Å². The van der Waals surface area contributed by atoms with E-state index in [4.69, 9.17) is 10.5 Å². The number of carbonyl (C=O) groups is 4. The van der Waals surface area contributed by atoms with E-state index in [-0.39, 0.29) is 25.0 Å². The van der Waals surface area contributed by atoms with Gasteiger partial charge in [-0.25, -0.2) is 0 Å². The number of likely N-dealkylation sites (tertiary alicyclic amines) is 1.